The van der Waals surface area contributed by atoms with Crippen molar-refractivity contribution in [2.75, 3.05) is 39.7 Å². The van der Waals surface area contributed by atoms with Crippen molar-refractivity contribution in [3.05, 3.63) is 24.3 Å². The zero-order valence-corrected chi connectivity index (χ0v) is 16.4. The van der Waals surface area contributed by atoms with Gasteiger partial charge >= 0.3 is 0 Å². The summed E-state index contributed by atoms with van der Waals surface area (Å²) in [6.45, 7) is 5.68. The van der Waals surface area contributed by atoms with E-state index < -0.39 is 5.60 Å². The van der Waals surface area contributed by atoms with Gasteiger partial charge < -0.3 is 19.7 Å². The molecule has 0 fully saturated rings. The molecule has 0 aromatic heterocycles. The molecule has 0 saturated carbocycles. The Morgan fingerprint density at radius 1 is 1.16 bits per heavy atom. The second kappa shape index (κ2) is 11.1. The first-order valence-electron chi connectivity index (χ1n) is 9.15. The summed E-state index contributed by atoms with van der Waals surface area (Å²) in [5.41, 5.74) is -0.0410. The molecule has 0 spiro atoms. The standard InChI is InChI=1S/C20H34N2O3/c1-6-7-8-14-20(2,24-5)19(23)21-17-10-12-18(13-11-17)25-16-9-15-22(3)4/h10-13H,6-9,14-16H2,1-5H3,(H,21,23). The maximum Gasteiger partial charge on any atom is 0.256 e. The van der Waals surface area contributed by atoms with Crippen LogP contribution >= 0.6 is 0 Å². The number of benzene rings is 1. The van der Waals surface area contributed by atoms with Crippen LogP contribution in [0.3, 0.4) is 0 Å². The summed E-state index contributed by atoms with van der Waals surface area (Å²) < 4.78 is 11.2. The fourth-order valence-corrected chi connectivity index (χ4v) is 2.49. The average molecular weight is 351 g/mol. The predicted molar refractivity (Wildman–Crippen MR) is 103 cm³/mol. The van der Waals surface area contributed by atoms with Crippen molar-refractivity contribution in [1.29, 1.82) is 0 Å². The molecule has 5 heteroatoms. The monoisotopic (exact) mass is 350 g/mol. The van der Waals surface area contributed by atoms with Gasteiger partial charge in [-0.3, -0.25) is 4.79 Å². The summed E-state index contributed by atoms with van der Waals surface area (Å²) >= 11 is 0. The number of rotatable bonds is 12. The number of nitrogens with one attached hydrogen (secondary N) is 1. The van der Waals surface area contributed by atoms with Gasteiger partial charge in [0.15, 0.2) is 0 Å². The van der Waals surface area contributed by atoms with Crippen molar-refractivity contribution in [3.8, 4) is 5.75 Å². The van der Waals surface area contributed by atoms with Crippen molar-refractivity contribution < 1.29 is 14.3 Å². The lowest BCUT2D eigenvalue weighted by molar-refractivity contribution is -0.136. The number of unbranched alkanes of at least 4 members (excludes halogenated alkanes) is 2. The number of amides is 1. The van der Waals surface area contributed by atoms with Gasteiger partial charge in [0.05, 0.1) is 6.61 Å². The van der Waals surface area contributed by atoms with Gasteiger partial charge in [-0.2, -0.15) is 0 Å². The molecule has 0 saturated heterocycles. The van der Waals surface area contributed by atoms with Crippen LogP contribution in [0.5, 0.6) is 5.75 Å². The van der Waals surface area contributed by atoms with E-state index in [0.717, 1.165) is 50.1 Å². The number of hydrogen-bond acceptors (Lipinski definition) is 4. The zero-order valence-electron chi connectivity index (χ0n) is 16.4. The summed E-state index contributed by atoms with van der Waals surface area (Å²) in [5.74, 6) is 0.708. The van der Waals surface area contributed by atoms with Crippen LogP contribution in [0.2, 0.25) is 0 Å². The Morgan fingerprint density at radius 2 is 1.84 bits per heavy atom. The van der Waals surface area contributed by atoms with E-state index in [9.17, 15) is 4.79 Å². The van der Waals surface area contributed by atoms with Crippen LogP contribution < -0.4 is 10.1 Å². The minimum absolute atomic E-state index is 0.106. The van der Waals surface area contributed by atoms with E-state index >= 15 is 0 Å². The molecule has 1 rings (SSSR count). The molecular formula is C20H34N2O3. The number of carbonyl (C=O) groups is 1. The van der Waals surface area contributed by atoms with Crippen molar-refractivity contribution in [2.45, 2.75) is 51.6 Å². The van der Waals surface area contributed by atoms with E-state index in [4.69, 9.17) is 9.47 Å². The fraction of sp³-hybridized carbons (Fsp3) is 0.650. The van der Waals surface area contributed by atoms with Crippen LogP contribution in [0.25, 0.3) is 0 Å². The lowest BCUT2D eigenvalue weighted by Gasteiger charge is -2.27. The third kappa shape index (κ3) is 7.88. The van der Waals surface area contributed by atoms with Gasteiger partial charge in [-0.1, -0.05) is 26.2 Å². The molecule has 1 aromatic carbocycles. The van der Waals surface area contributed by atoms with Gasteiger partial charge in [-0.15, -0.1) is 0 Å². The highest BCUT2D eigenvalue weighted by atomic mass is 16.5. The van der Waals surface area contributed by atoms with Crippen LogP contribution in [0, 0.1) is 0 Å². The maximum absolute atomic E-state index is 12.5. The quantitative estimate of drug-likeness (QED) is 0.580. The summed E-state index contributed by atoms with van der Waals surface area (Å²) in [7, 11) is 5.69. The average Bonchev–Trinajstić information content (AvgIpc) is 2.60. The molecule has 0 radical (unpaired) electrons. The van der Waals surface area contributed by atoms with Gasteiger partial charge in [0.1, 0.15) is 11.4 Å². The number of anilines is 1. The van der Waals surface area contributed by atoms with Crippen LogP contribution in [0.15, 0.2) is 24.3 Å². The molecular weight excluding hydrogens is 316 g/mol. The number of nitrogens with zero attached hydrogens (tertiary/aromatic N) is 1. The van der Waals surface area contributed by atoms with Crippen LogP contribution in [0.1, 0.15) is 46.0 Å². The molecule has 0 aliphatic rings. The molecule has 0 aliphatic carbocycles. The van der Waals surface area contributed by atoms with Crippen molar-refractivity contribution in [1.82, 2.24) is 4.90 Å². The molecule has 25 heavy (non-hydrogen) atoms. The van der Waals surface area contributed by atoms with Gasteiger partial charge in [-0.05, 0) is 58.1 Å². The number of methoxy groups -OCH3 is 1. The number of hydrogen-bond donors (Lipinski definition) is 1. The molecule has 1 aromatic rings. The molecule has 1 atom stereocenters. The topological polar surface area (TPSA) is 50.8 Å². The minimum Gasteiger partial charge on any atom is -0.494 e. The lowest BCUT2D eigenvalue weighted by atomic mass is 9.97. The molecule has 1 amide bonds. The molecule has 0 bridgehead atoms. The minimum atomic E-state index is -0.795. The maximum atomic E-state index is 12.5. The molecule has 0 aliphatic heterocycles. The van der Waals surface area contributed by atoms with E-state index in [0.29, 0.717) is 6.61 Å². The van der Waals surface area contributed by atoms with Gasteiger partial charge in [0, 0.05) is 19.3 Å². The highest BCUT2D eigenvalue weighted by Crippen LogP contribution is 2.22. The molecule has 142 valence electrons. The van der Waals surface area contributed by atoms with Crippen LogP contribution in [-0.2, 0) is 9.53 Å². The second-order valence-electron chi connectivity index (χ2n) is 6.88. The second-order valence-corrected chi connectivity index (χ2v) is 6.88. The van der Waals surface area contributed by atoms with Crippen LogP contribution in [-0.4, -0.2) is 50.8 Å². The Labute approximate surface area is 152 Å². The Kier molecular flexibility index (Phi) is 9.53. The predicted octanol–water partition coefficient (Wildman–Crippen LogP) is 3.94. The Morgan fingerprint density at radius 3 is 2.40 bits per heavy atom. The normalized spacial score (nSPS) is 13.5. The van der Waals surface area contributed by atoms with Crippen LogP contribution in [0.4, 0.5) is 5.69 Å². The van der Waals surface area contributed by atoms with E-state index in [-0.39, 0.29) is 5.91 Å². The first-order valence-corrected chi connectivity index (χ1v) is 9.15. The smallest absolute Gasteiger partial charge is 0.256 e. The highest BCUT2D eigenvalue weighted by molar-refractivity contribution is 5.97. The Bertz CT molecular complexity index is 502. The van der Waals surface area contributed by atoms with E-state index in [1.54, 1.807) is 7.11 Å². The molecule has 1 unspecified atom stereocenters. The number of carbonyl (C=O) groups excluding carboxylic acids is 1. The van der Waals surface area contributed by atoms with E-state index in [1.165, 1.54) is 0 Å². The number of ether oxygens (including phenoxy) is 2. The van der Waals surface area contributed by atoms with Crippen molar-refractivity contribution in [3.63, 3.8) is 0 Å². The first kappa shape index (κ1) is 21.5. The van der Waals surface area contributed by atoms with Gasteiger partial charge in [0.2, 0.25) is 0 Å². The SMILES string of the molecule is CCCCCC(C)(OC)C(=O)Nc1ccc(OCCCN(C)C)cc1. The zero-order chi connectivity index (χ0) is 18.7. The van der Waals surface area contributed by atoms with Crippen molar-refractivity contribution in [2.24, 2.45) is 0 Å². The lowest BCUT2D eigenvalue weighted by Crippen LogP contribution is -2.41. The van der Waals surface area contributed by atoms with E-state index in [1.807, 2.05) is 45.3 Å². The Hall–Kier alpha value is -1.59. The largest absolute Gasteiger partial charge is 0.494 e. The summed E-state index contributed by atoms with van der Waals surface area (Å²) in [5, 5.41) is 2.94. The summed E-state index contributed by atoms with van der Waals surface area (Å²) in [6.07, 6.45) is 4.91. The summed E-state index contributed by atoms with van der Waals surface area (Å²) in [6, 6.07) is 7.49. The molecule has 0 heterocycles. The Balaban J connectivity index is 2.51. The van der Waals surface area contributed by atoms with Crippen molar-refractivity contribution >= 4 is 11.6 Å². The molecule has 1 N–H and O–H groups in total. The fourth-order valence-electron chi connectivity index (χ4n) is 2.49. The summed E-state index contributed by atoms with van der Waals surface area (Å²) in [4.78, 5) is 14.7. The third-order valence-electron chi connectivity index (χ3n) is 4.32. The van der Waals surface area contributed by atoms with Gasteiger partial charge in [0.25, 0.3) is 5.91 Å². The van der Waals surface area contributed by atoms with Gasteiger partial charge in [-0.25, -0.2) is 0 Å². The molecule has 5 nitrogen and oxygen atoms in total. The van der Waals surface area contributed by atoms with E-state index in [2.05, 4.69) is 17.1 Å². The highest BCUT2D eigenvalue weighted by Gasteiger charge is 2.32. The third-order valence-corrected chi connectivity index (χ3v) is 4.32. The first-order chi connectivity index (χ1) is 11.9.